The first-order valence-electron chi connectivity index (χ1n) is 10.0. The summed E-state index contributed by atoms with van der Waals surface area (Å²) in [5.74, 6) is 0.261. The van der Waals surface area contributed by atoms with Crippen molar-refractivity contribution in [1.82, 2.24) is 8.87 Å². The predicted octanol–water partition coefficient (Wildman–Crippen LogP) is 2.00. The van der Waals surface area contributed by atoms with Crippen molar-refractivity contribution in [2.45, 2.75) is 36.6 Å². The Labute approximate surface area is 169 Å². The Morgan fingerprint density at radius 2 is 1.76 bits per heavy atom. The van der Waals surface area contributed by atoms with Crippen LogP contribution < -0.4 is 10.9 Å². The molecule has 1 saturated heterocycles. The summed E-state index contributed by atoms with van der Waals surface area (Å²) in [6.45, 7) is 1.35. The number of carbonyl (C=O) groups excluding carboxylic acids is 1. The number of hydrogen-bond donors (Lipinski definition) is 1. The number of piperidine rings is 1. The minimum Gasteiger partial charge on any atom is -0.326 e. The molecule has 2 atom stereocenters. The number of fused-ring (bicyclic) bond motifs is 4. The van der Waals surface area contributed by atoms with Gasteiger partial charge in [0.1, 0.15) is 0 Å². The number of rotatable bonds is 4. The van der Waals surface area contributed by atoms with Gasteiger partial charge in [0.15, 0.2) is 0 Å². The van der Waals surface area contributed by atoms with Crippen LogP contribution in [0.5, 0.6) is 0 Å². The van der Waals surface area contributed by atoms with Crippen molar-refractivity contribution in [3.05, 3.63) is 58.5 Å². The molecule has 1 N–H and O–H groups in total. The third kappa shape index (κ3) is 3.40. The summed E-state index contributed by atoms with van der Waals surface area (Å²) in [5.41, 5.74) is 1.52. The lowest BCUT2D eigenvalue weighted by atomic mass is 9.84. The molecule has 2 fully saturated rings. The fraction of sp³-hybridized carbons (Fsp3) is 0.429. The maximum absolute atomic E-state index is 13.2. The zero-order valence-electron chi connectivity index (χ0n) is 16.0. The van der Waals surface area contributed by atoms with Gasteiger partial charge in [0.05, 0.1) is 4.90 Å². The van der Waals surface area contributed by atoms with E-state index in [1.807, 2.05) is 6.07 Å². The highest BCUT2D eigenvalue weighted by atomic mass is 32.2. The summed E-state index contributed by atoms with van der Waals surface area (Å²) in [7, 11) is -3.63. The number of benzene rings is 1. The van der Waals surface area contributed by atoms with E-state index in [4.69, 9.17) is 0 Å². The lowest BCUT2D eigenvalue weighted by Crippen LogP contribution is -2.48. The number of sulfonamides is 1. The summed E-state index contributed by atoms with van der Waals surface area (Å²) >= 11 is 0. The van der Waals surface area contributed by atoms with Crippen LogP contribution in [0, 0.1) is 11.8 Å². The van der Waals surface area contributed by atoms with Crippen LogP contribution >= 0.6 is 0 Å². The van der Waals surface area contributed by atoms with Gasteiger partial charge >= 0.3 is 0 Å². The second kappa shape index (κ2) is 6.81. The topological polar surface area (TPSA) is 88.5 Å². The monoisotopic (exact) mass is 413 g/mol. The Bertz CT molecular complexity index is 1120. The maximum atomic E-state index is 13.2. The van der Waals surface area contributed by atoms with Crippen molar-refractivity contribution in [3.63, 3.8) is 0 Å². The molecule has 1 aromatic heterocycles. The third-order valence-corrected chi connectivity index (χ3v) is 8.00. The molecule has 1 saturated carbocycles. The van der Waals surface area contributed by atoms with Crippen LogP contribution in [-0.2, 0) is 21.4 Å². The van der Waals surface area contributed by atoms with Crippen molar-refractivity contribution in [2.75, 3.05) is 18.4 Å². The fourth-order valence-electron chi connectivity index (χ4n) is 4.50. The van der Waals surface area contributed by atoms with Gasteiger partial charge in [0, 0.05) is 48.9 Å². The highest BCUT2D eigenvalue weighted by Gasteiger charge is 2.39. The van der Waals surface area contributed by atoms with Crippen molar-refractivity contribution in [1.29, 1.82) is 0 Å². The van der Waals surface area contributed by atoms with E-state index >= 15 is 0 Å². The van der Waals surface area contributed by atoms with E-state index in [0.717, 1.165) is 25.0 Å². The standard InChI is InChI=1S/C21H23N3O4S/c25-20-3-1-2-19-16-10-14(12-24(19)20)11-23(13-16)29(27,28)18-8-6-17(7-9-18)22-21(26)15-4-5-15/h1-3,6-9,14-16H,4-5,10-13H2,(H,22,26)/t14-,16-/m1/s1. The second-order valence-corrected chi connectivity index (χ2v) is 10.2. The highest BCUT2D eigenvalue weighted by Crippen LogP contribution is 2.37. The smallest absolute Gasteiger partial charge is 0.250 e. The number of pyridine rings is 1. The molecule has 8 heteroatoms. The molecule has 5 rings (SSSR count). The highest BCUT2D eigenvalue weighted by molar-refractivity contribution is 7.89. The van der Waals surface area contributed by atoms with Crippen LogP contribution in [0.3, 0.4) is 0 Å². The van der Waals surface area contributed by atoms with Gasteiger partial charge in [-0.05, 0) is 55.5 Å². The number of amides is 1. The normalized spacial score (nSPS) is 24.0. The average Bonchev–Trinajstić information content (AvgIpc) is 3.55. The molecule has 29 heavy (non-hydrogen) atoms. The van der Waals surface area contributed by atoms with E-state index in [-0.39, 0.29) is 34.1 Å². The zero-order valence-corrected chi connectivity index (χ0v) is 16.8. The molecule has 0 unspecified atom stereocenters. The molecule has 1 amide bonds. The number of nitrogens with zero attached hydrogens (tertiary/aromatic N) is 2. The Morgan fingerprint density at radius 3 is 2.48 bits per heavy atom. The van der Waals surface area contributed by atoms with E-state index < -0.39 is 10.0 Å². The first-order chi connectivity index (χ1) is 13.9. The summed E-state index contributed by atoms with van der Waals surface area (Å²) < 4.78 is 29.8. The predicted molar refractivity (Wildman–Crippen MR) is 108 cm³/mol. The van der Waals surface area contributed by atoms with Crippen LogP contribution in [0.15, 0.2) is 52.2 Å². The van der Waals surface area contributed by atoms with Gasteiger partial charge in [-0.25, -0.2) is 8.42 Å². The van der Waals surface area contributed by atoms with Crippen LogP contribution in [0.4, 0.5) is 5.69 Å². The van der Waals surface area contributed by atoms with Crippen LogP contribution in [-0.4, -0.2) is 36.3 Å². The van der Waals surface area contributed by atoms with Crippen LogP contribution in [0.1, 0.15) is 30.9 Å². The van der Waals surface area contributed by atoms with Gasteiger partial charge in [0.2, 0.25) is 15.9 Å². The molecule has 2 aliphatic heterocycles. The Kier molecular flexibility index (Phi) is 4.36. The molecule has 1 aromatic carbocycles. The maximum Gasteiger partial charge on any atom is 0.250 e. The van der Waals surface area contributed by atoms with E-state index in [9.17, 15) is 18.0 Å². The van der Waals surface area contributed by atoms with Crippen LogP contribution in [0.2, 0.25) is 0 Å². The molecule has 3 aliphatic rings. The van der Waals surface area contributed by atoms with Gasteiger partial charge < -0.3 is 9.88 Å². The van der Waals surface area contributed by atoms with Crippen LogP contribution in [0.25, 0.3) is 0 Å². The lowest BCUT2D eigenvalue weighted by molar-refractivity contribution is -0.117. The molecule has 2 aromatic rings. The van der Waals surface area contributed by atoms with Gasteiger partial charge in [-0.2, -0.15) is 4.31 Å². The van der Waals surface area contributed by atoms with Gasteiger partial charge in [0.25, 0.3) is 5.56 Å². The molecule has 1 aliphatic carbocycles. The summed E-state index contributed by atoms with van der Waals surface area (Å²) in [5, 5.41) is 2.83. The molecule has 0 radical (unpaired) electrons. The Balaban J connectivity index is 1.36. The van der Waals surface area contributed by atoms with Gasteiger partial charge in [-0.3, -0.25) is 9.59 Å². The average molecular weight is 413 g/mol. The molecule has 0 spiro atoms. The Morgan fingerprint density at radius 1 is 1.00 bits per heavy atom. The summed E-state index contributed by atoms with van der Waals surface area (Å²) in [4.78, 5) is 24.3. The van der Waals surface area contributed by atoms with Crippen molar-refractivity contribution in [3.8, 4) is 0 Å². The first-order valence-corrected chi connectivity index (χ1v) is 11.5. The second-order valence-electron chi connectivity index (χ2n) is 8.31. The number of nitrogens with one attached hydrogen (secondary N) is 1. The molecule has 3 heterocycles. The molecule has 7 nitrogen and oxygen atoms in total. The number of anilines is 1. The quantitative estimate of drug-likeness (QED) is 0.830. The van der Waals surface area contributed by atoms with E-state index in [0.29, 0.717) is 25.3 Å². The molecule has 2 bridgehead atoms. The third-order valence-electron chi connectivity index (χ3n) is 6.15. The van der Waals surface area contributed by atoms with Crippen molar-refractivity contribution < 1.29 is 13.2 Å². The first kappa shape index (κ1) is 18.6. The van der Waals surface area contributed by atoms with Crippen molar-refractivity contribution >= 4 is 21.6 Å². The van der Waals surface area contributed by atoms with Gasteiger partial charge in [-0.1, -0.05) is 6.07 Å². The number of carbonyl (C=O) groups is 1. The SMILES string of the molecule is O=C(Nc1ccc(S(=O)(=O)N2C[C@H]3C[C@H](C2)c2cccc(=O)n2C3)cc1)C1CC1. The number of hydrogen-bond acceptors (Lipinski definition) is 4. The zero-order chi connectivity index (χ0) is 20.2. The van der Waals surface area contributed by atoms with E-state index in [1.165, 1.54) is 0 Å². The number of aromatic nitrogens is 1. The summed E-state index contributed by atoms with van der Waals surface area (Å²) in [6.07, 6.45) is 2.75. The van der Waals surface area contributed by atoms with E-state index in [2.05, 4.69) is 5.32 Å². The minimum absolute atomic E-state index is 0.00151. The Hall–Kier alpha value is -2.45. The lowest BCUT2D eigenvalue weighted by Gasteiger charge is -2.42. The van der Waals surface area contributed by atoms with Gasteiger partial charge in [-0.15, -0.1) is 0 Å². The molecular weight excluding hydrogens is 390 g/mol. The fourth-order valence-corrected chi connectivity index (χ4v) is 6.06. The largest absolute Gasteiger partial charge is 0.326 e. The van der Waals surface area contributed by atoms with Crippen molar-refractivity contribution in [2.24, 2.45) is 11.8 Å². The van der Waals surface area contributed by atoms with E-state index in [1.54, 1.807) is 45.3 Å². The minimum atomic E-state index is -3.63. The molecular formula is C21H23N3O4S. The summed E-state index contributed by atoms with van der Waals surface area (Å²) in [6, 6.07) is 11.6. The molecule has 152 valence electrons.